The summed E-state index contributed by atoms with van der Waals surface area (Å²) in [5.41, 5.74) is 0.960. The molecule has 1 aromatic rings. The van der Waals surface area contributed by atoms with Gasteiger partial charge in [0.2, 0.25) is 0 Å². The lowest BCUT2D eigenvalue weighted by Crippen LogP contribution is -2.38. The fourth-order valence-corrected chi connectivity index (χ4v) is 1.55. The van der Waals surface area contributed by atoms with Crippen LogP contribution < -0.4 is 10.8 Å². The predicted molar refractivity (Wildman–Crippen MR) is 58.7 cm³/mol. The van der Waals surface area contributed by atoms with Gasteiger partial charge >= 0.3 is 5.97 Å². The largest absolute Gasteiger partial charge is 0.464 e. The van der Waals surface area contributed by atoms with Crippen LogP contribution in [0.25, 0.3) is 0 Å². The van der Waals surface area contributed by atoms with Gasteiger partial charge in [0.05, 0.1) is 6.61 Å². The molecule has 0 spiro atoms. The zero-order valence-electron chi connectivity index (χ0n) is 8.60. The summed E-state index contributed by atoms with van der Waals surface area (Å²) in [5.74, 6) is -0.687. The van der Waals surface area contributed by atoms with E-state index in [0.29, 0.717) is 24.1 Å². The molecule has 1 atom stereocenters. The lowest BCUT2D eigenvalue weighted by molar-refractivity contribution is -0.139. The average molecular weight is 215 g/mol. The first-order valence-electron chi connectivity index (χ1n) is 5.00. The van der Waals surface area contributed by atoms with Crippen molar-refractivity contribution in [2.45, 2.75) is 12.5 Å². The van der Waals surface area contributed by atoms with E-state index in [2.05, 4.69) is 5.32 Å². The number of cyclic esters (lactones) is 1. The monoisotopic (exact) mass is 215 g/mol. The zero-order valence-corrected chi connectivity index (χ0v) is 8.60. The van der Waals surface area contributed by atoms with Crippen molar-refractivity contribution < 1.29 is 14.3 Å². The zero-order chi connectivity index (χ0) is 11.5. The van der Waals surface area contributed by atoms with Crippen LogP contribution in [0.15, 0.2) is 24.3 Å². The molecule has 0 aliphatic carbocycles. The van der Waals surface area contributed by atoms with Gasteiger partial charge in [-0.15, -0.1) is 0 Å². The number of carbonyl (C=O) groups excluding carboxylic acids is 2. The van der Waals surface area contributed by atoms with Crippen LogP contribution >= 0.6 is 0 Å². The van der Waals surface area contributed by atoms with E-state index in [1.165, 1.54) is 0 Å². The van der Waals surface area contributed by atoms with Gasteiger partial charge in [0.15, 0.2) is 0 Å². The molecule has 1 unspecified atom stereocenters. The molecule has 1 aliphatic heterocycles. The molecule has 2 radical (unpaired) electrons. The lowest BCUT2D eigenvalue weighted by atomic mass is 9.94. The molecule has 1 aromatic carbocycles. The van der Waals surface area contributed by atoms with Gasteiger partial charge in [0.1, 0.15) is 13.9 Å². The number of benzene rings is 1. The van der Waals surface area contributed by atoms with Crippen molar-refractivity contribution >= 4 is 25.2 Å². The molecule has 0 aromatic heterocycles. The van der Waals surface area contributed by atoms with Gasteiger partial charge in [-0.05, 0) is 6.07 Å². The topological polar surface area (TPSA) is 55.4 Å². The second-order valence-corrected chi connectivity index (χ2v) is 3.61. The highest BCUT2D eigenvalue weighted by Gasteiger charge is 2.28. The fourth-order valence-electron chi connectivity index (χ4n) is 1.55. The average Bonchev–Trinajstić information content (AvgIpc) is 2.64. The Balaban J connectivity index is 2.05. The number of nitrogens with one attached hydrogen (secondary N) is 1. The van der Waals surface area contributed by atoms with Gasteiger partial charge in [0.25, 0.3) is 5.91 Å². The van der Waals surface area contributed by atoms with Crippen molar-refractivity contribution in [1.82, 2.24) is 5.32 Å². The van der Waals surface area contributed by atoms with Gasteiger partial charge in [0, 0.05) is 12.0 Å². The van der Waals surface area contributed by atoms with Gasteiger partial charge < -0.3 is 10.1 Å². The first-order chi connectivity index (χ1) is 7.66. The van der Waals surface area contributed by atoms with Crippen LogP contribution in [-0.2, 0) is 9.53 Å². The number of carbonyl (C=O) groups is 2. The van der Waals surface area contributed by atoms with E-state index in [1.807, 2.05) is 0 Å². The number of hydrogen-bond donors (Lipinski definition) is 1. The van der Waals surface area contributed by atoms with Crippen LogP contribution in [-0.4, -0.2) is 32.4 Å². The number of esters is 1. The Hall–Kier alpha value is -1.78. The Bertz CT molecular complexity index is 433. The molecular weight excluding hydrogens is 205 g/mol. The summed E-state index contributed by atoms with van der Waals surface area (Å²) < 4.78 is 4.75. The van der Waals surface area contributed by atoms with Crippen molar-refractivity contribution in [2.75, 3.05) is 6.61 Å². The summed E-state index contributed by atoms with van der Waals surface area (Å²) in [6, 6.07) is 6.06. The van der Waals surface area contributed by atoms with Gasteiger partial charge in [-0.3, -0.25) is 4.79 Å². The van der Waals surface area contributed by atoms with E-state index in [0.717, 1.165) is 0 Å². The van der Waals surface area contributed by atoms with E-state index in [4.69, 9.17) is 12.6 Å². The minimum Gasteiger partial charge on any atom is -0.464 e. The van der Waals surface area contributed by atoms with E-state index in [1.54, 1.807) is 24.3 Å². The second-order valence-electron chi connectivity index (χ2n) is 3.61. The van der Waals surface area contributed by atoms with Gasteiger partial charge in [-0.2, -0.15) is 0 Å². The summed E-state index contributed by atoms with van der Waals surface area (Å²) in [5, 5.41) is 2.60. The second kappa shape index (κ2) is 4.39. The van der Waals surface area contributed by atoms with Crippen molar-refractivity contribution in [2.24, 2.45) is 0 Å². The Morgan fingerprint density at radius 3 is 2.94 bits per heavy atom. The quantitative estimate of drug-likeness (QED) is 0.535. The van der Waals surface area contributed by atoms with Gasteiger partial charge in [-0.1, -0.05) is 23.7 Å². The molecule has 0 bridgehead atoms. The standard InChI is InChI=1S/C11H10BNO3/c12-8-3-1-2-7(6-8)10(14)13-9-4-5-16-11(9)15/h1-3,6,9H,4-5H2,(H,13,14). The third-order valence-corrected chi connectivity index (χ3v) is 2.39. The van der Waals surface area contributed by atoms with Crippen LogP contribution in [0.3, 0.4) is 0 Å². The summed E-state index contributed by atoms with van der Waals surface area (Å²) in [7, 11) is 5.56. The minimum absolute atomic E-state index is 0.309. The highest BCUT2D eigenvalue weighted by Crippen LogP contribution is 2.07. The normalized spacial score (nSPS) is 19.2. The third kappa shape index (κ3) is 2.24. The first kappa shape index (κ1) is 10.7. The molecule has 80 valence electrons. The maximum Gasteiger partial charge on any atom is 0.328 e. The molecule has 1 aliphatic rings. The fraction of sp³-hybridized carbons (Fsp3) is 0.273. The molecule has 4 nitrogen and oxygen atoms in total. The smallest absolute Gasteiger partial charge is 0.328 e. The number of rotatable bonds is 2. The lowest BCUT2D eigenvalue weighted by Gasteiger charge is -2.09. The van der Waals surface area contributed by atoms with Crippen LogP contribution in [0.5, 0.6) is 0 Å². The maximum absolute atomic E-state index is 11.7. The molecule has 16 heavy (non-hydrogen) atoms. The van der Waals surface area contributed by atoms with E-state index in [9.17, 15) is 9.59 Å². The van der Waals surface area contributed by atoms with Crippen molar-refractivity contribution in [3.05, 3.63) is 29.8 Å². The SMILES string of the molecule is [B]c1cccc(C(=O)NC2CCOC2=O)c1. The minimum atomic E-state index is -0.533. The van der Waals surface area contributed by atoms with E-state index in [-0.39, 0.29) is 11.9 Å². The summed E-state index contributed by atoms with van der Waals surface area (Å²) >= 11 is 0. The first-order valence-corrected chi connectivity index (χ1v) is 5.00. The Morgan fingerprint density at radius 1 is 1.50 bits per heavy atom. The predicted octanol–water partition coefficient (Wildman–Crippen LogP) is -0.474. The molecule has 5 heteroatoms. The Labute approximate surface area is 94.4 Å². The number of amides is 1. The van der Waals surface area contributed by atoms with Crippen molar-refractivity contribution in [3.8, 4) is 0 Å². The number of hydrogen-bond acceptors (Lipinski definition) is 3. The highest BCUT2D eigenvalue weighted by molar-refractivity contribution is 6.32. The molecule has 2 rings (SSSR count). The maximum atomic E-state index is 11.7. The Kier molecular flexibility index (Phi) is 2.94. The van der Waals surface area contributed by atoms with E-state index >= 15 is 0 Å². The molecule has 1 saturated heterocycles. The van der Waals surface area contributed by atoms with Crippen molar-refractivity contribution in [3.63, 3.8) is 0 Å². The van der Waals surface area contributed by atoms with E-state index < -0.39 is 6.04 Å². The van der Waals surface area contributed by atoms with Crippen molar-refractivity contribution in [1.29, 1.82) is 0 Å². The Morgan fingerprint density at radius 2 is 2.31 bits per heavy atom. The molecular formula is C11H10BNO3. The summed E-state index contributed by atoms with van der Waals surface area (Å²) in [6.07, 6.45) is 0.521. The van der Waals surface area contributed by atoms with Crippen LogP contribution in [0.2, 0.25) is 0 Å². The molecule has 1 amide bonds. The number of ether oxygens (including phenoxy) is 1. The third-order valence-electron chi connectivity index (χ3n) is 2.39. The molecule has 1 heterocycles. The summed E-state index contributed by atoms with van der Waals surface area (Å²) in [4.78, 5) is 22.9. The van der Waals surface area contributed by atoms with Crippen LogP contribution in [0.4, 0.5) is 0 Å². The van der Waals surface area contributed by atoms with Gasteiger partial charge in [-0.25, -0.2) is 4.79 Å². The molecule has 1 fully saturated rings. The molecule has 1 N–H and O–H groups in total. The van der Waals surface area contributed by atoms with Crippen LogP contribution in [0.1, 0.15) is 16.8 Å². The summed E-state index contributed by atoms with van der Waals surface area (Å²) in [6.45, 7) is 0.362. The molecule has 0 saturated carbocycles. The van der Waals surface area contributed by atoms with Crippen LogP contribution in [0, 0.1) is 0 Å². The highest BCUT2D eigenvalue weighted by atomic mass is 16.5.